The molecule has 0 fully saturated rings. The molecule has 1 aromatic rings. The number of aliphatic hydroxyl groups excluding tert-OH is 1. The van der Waals surface area contributed by atoms with Gasteiger partial charge >= 0.3 is 0 Å². The first-order chi connectivity index (χ1) is 8.26. The van der Waals surface area contributed by atoms with Crippen LogP contribution in [0.1, 0.15) is 21.6 Å². The summed E-state index contributed by atoms with van der Waals surface area (Å²) >= 11 is 1.56. The van der Waals surface area contributed by atoms with Crippen molar-refractivity contribution in [3.8, 4) is 0 Å². The van der Waals surface area contributed by atoms with Gasteiger partial charge in [-0.25, -0.2) is 4.98 Å². The Morgan fingerprint density at radius 3 is 3.29 bits per heavy atom. The first-order valence-corrected chi connectivity index (χ1v) is 6.34. The van der Waals surface area contributed by atoms with Gasteiger partial charge in [-0.15, -0.1) is 17.9 Å². The Labute approximate surface area is 105 Å². The second-order valence-corrected chi connectivity index (χ2v) is 4.97. The maximum absolute atomic E-state index is 9.12. The first kappa shape index (κ1) is 12.7. The molecule has 1 atom stereocenters. The molecule has 0 aromatic carbocycles. The van der Waals surface area contributed by atoms with Crippen molar-refractivity contribution in [1.82, 2.24) is 15.4 Å². The van der Waals surface area contributed by atoms with Crippen LogP contribution in [0.5, 0.6) is 0 Å². The molecule has 1 aliphatic heterocycles. The van der Waals surface area contributed by atoms with Crippen molar-refractivity contribution in [1.29, 1.82) is 0 Å². The number of aromatic nitrogens is 1. The number of nitrogens with zero attached hydrogens (tertiary/aromatic N) is 2. The second-order valence-electron chi connectivity index (χ2n) is 3.85. The Morgan fingerprint density at radius 2 is 2.59 bits per heavy atom. The van der Waals surface area contributed by atoms with Crippen molar-refractivity contribution in [2.24, 2.45) is 0 Å². The molecule has 2 rings (SSSR count). The number of aliphatic hydroxyl groups is 1. The van der Waals surface area contributed by atoms with E-state index in [1.807, 2.05) is 12.1 Å². The van der Waals surface area contributed by atoms with Crippen molar-refractivity contribution in [3.05, 3.63) is 28.2 Å². The molecule has 2 N–H and O–H groups in total. The summed E-state index contributed by atoms with van der Waals surface area (Å²) in [6, 6.07) is 0.150. The number of likely N-dealkylation sites (N-methyl/N-ethyl adjacent to an activating group) is 1. The summed E-state index contributed by atoms with van der Waals surface area (Å²) in [5, 5.41) is 15.0. The minimum Gasteiger partial charge on any atom is -0.389 e. The molecule has 1 unspecified atom stereocenters. The first-order valence-electron chi connectivity index (χ1n) is 5.53. The fraction of sp³-hybridized carbons (Fsp3) is 0.545. The van der Waals surface area contributed by atoms with Gasteiger partial charge in [-0.2, -0.15) is 5.06 Å². The third kappa shape index (κ3) is 2.72. The lowest BCUT2D eigenvalue weighted by atomic mass is 10.1. The van der Waals surface area contributed by atoms with Crippen molar-refractivity contribution >= 4 is 11.3 Å². The van der Waals surface area contributed by atoms with Crippen LogP contribution in [-0.2, 0) is 18.0 Å². The van der Waals surface area contributed by atoms with E-state index in [4.69, 9.17) is 9.94 Å². The van der Waals surface area contributed by atoms with Crippen LogP contribution < -0.4 is 5.32 Å². The topological polar surface area (TPSA) is 57.6 Å². The van der Waals surface area contributed by atoms with Gasteiger partial charge in [0.2, 0.25) is 0 Å². The molecule has 6 heteroatoms. The average Bonchev–Trinajstić information content (AvgIpc) is 2.78. The predicted octanol–water partition coefficient (Wildman–Crippen LogP) is 0.829. The van der Waals surface area contributed by atoms with E-state index in [2.05, 4.69) is 16.9 Å². The van der Waals surface area contributed by atoms with Crippen LogP contribution in [0, 0.1) is 0 Å². The van der Waals surface area contributed by atoms with Gasteiger partial charge in [0.05, 0.1) is 29.8 Å². The Morgan fingerprint density at radius 1 is 1.76 bits per heavy atom. The van der Waals surface area contributed by atoms with Crippen LogP contribution in [-0.4, -0.2) is 35.4 Å². The number of rotatable bonds is 5. The number of nitrogens with one attached hydrogen (secondary N) is 1. The summed E-state index contributed by atoms with van der Waals surface area (Å²) in [6.45, 7) is 5.71. The van der Waals surface area contributed by atoms with Crippen LogP contribution in [0.2, 0.25) is 0 Å². The highest BCUT2D eigenvalue weighted by Gasteiger charge is 2.27. The average molecular weight is 255 g/mol. The number of thiazole rings is 1. The summed E-state index contributed by atoms with van der Waals surface area (Å²) in [7, 11) is 1.91. The molecule has 17 heavy (non-hydrogen) atoms. The van der Waals surface area contributed by atoms with E-state index >= 15 is 0 Å². The predicted molar refractivity (Wildman–Crippen MR) is 66.4 cm³/mol. The normalized spacial score (nSPS) is 19.4. The lowest BCUT2D eigenvalue weighted by molar-refractivity contribution is -0.158. The maximum Gasteiger partial charge on any atom is 0.119 e. The zero-order chi connectivity index (χ0) is 12.3. The van der Waals surface area contributed by atoms with Crippen molar-refractivity contribution in [2.45, 2.75) is 19.2 Å². The molecule has 0 bridgehead atoms. The van der Waals surface area contributed by atoms with Crippen molar-refractivity contribution in [2.75, 3.05) is 20.2 Å². The molecule has 0 amide bonds. The monoisotopic (exact) mass is 255 g/mol. The number of fused-ring (bicyclic) bond motifs is 1. The van der Waals surface area contributed by atoms with Gasteiger partial charge in [0.1, 0.15) is 5.01 Å². The van der Waals surface area contributed by atoms with E-state index in [0.717, 1.165) is 23.8 Å². The smallest absolute Gasteiger partial charge is 0.119 e. The third-order valence-electron chi connectivity index (χ3n) is 2.67. The highest BCUT2D eigenvalue weighted by molar-refractivity contribution is 7.11. The van der Waals surface area contributed by atoms with Crippen LogP contribution >= 0.6 is 11.3 Å². The number of hydrogen-bond acceptors (Lipinski definition) is 6. The van der Waals surface area contributed by atoms with Gasteiger partial charge in [0.25, 0.3) is 0 Å². The maximum atomic E-state index is 9.12. The summed E-state index contributed by atoms with van der Waals surface area (Å²) in [5.41, 5.74) is 1.02. The summed E-state index contributed by atoms with van der Waals surface area (Å²) in [4.78, 5) is 11.1. The van der Waals surface area contributed by atoms with Gasteiger partial charge < -0.3 is 10.4 Å². The second kappa shape index (κ2) is 5.70. The van der Waals surface area contributed by atoms with Gasteiger partial charge in [0, 0.05) is 20.1 Å². The number of hydrogen-bond donors (Lipinski definition) is 2. The lowest BCUT2D eigenvalue weighted by Gasteiger charge is -2.29. The van der Waals surface area contributed by atoms with Crippen molar-refractivity contribution < 1.29 is 9.94 Å². The zero-order valence-corrected chi connectivity index (χ0v) is 10.7. The Kier molecular flexibility index (Phi) is 4.25. The SMILES string of the molecule is C=CCON(C)C1CNCc2nc(CO)sc21. The standard InChI is InChI=1S/C11H17N3O2S/c1-3-4-16-14(2)9-6-12-5-8-11(9)17-10(7-15)13-8/h3,9,12,15H,1,4-7H2,2H3. The van der Waals surface area contributed by atoms with Gasteiger partial charge in [-0.1, -0.05) is 6.08 Å². The highest BCUT2D eigenvalue weighted by atomic mass is 32.1. The fourth-order valence-electron chi connectivity index (χ4n) is 1.84. The van der Waals surface area contributed by atoms with E-state index in [9.17, 15) is 0 Å². The minimum atomic E-state index is 0.00160. The lowest BCUT2D eigenvalue weighted by Crippen LogP contribution is -2.37. The Balaban J connectivity index is 2.15. The van der Waals surface area contributed by atoms with Gasteiger partial charge in [-0.3, -0.25) is 4.84 Å². The molecule has 0 saturated heterocycles. The quantitative estimate of drug-likeness (QED) is 0.603. The van der Waals surface area contributed by atoms with Crippen LogP contribution in [0.15, 0.2) is 12.7 Å². The van der Waals surface area contributed by atoms with Crippen LogP contribution in [0.4, 0.5) is 0 Å². The molecular weight excluding hydrogens is 238 g/mol. The highest BCUT2D eigenvalue weighted by Crippen LogP contribution is 2.31. The Bertz CT molecular complexity index is 394. The van der Waals surface area contributed by atoms with Crippen LogP contribution in [0.3, 0.4) is 0 Å². The molecule has 1 aromatic heterocycles. The van der Waals surface area contributed by atoms with E-state index in [-0.39, 0.29) is 12.6 Å². The Hall–Kier alpha value is -0.790. The molecule has 0 aliphatic carbocycles. The molecular formula is C11H17N3O2S. The number of hydroxylamine groups is 2. The zero-order valence-electron chi connectivity index (χ0n) is 9.85. The van der Waals surface area contributed by atoms with E-state index in [0.29, 0.717) is 6.61 Å². The molecule has 94 valence electrons. The molecule has 0 spiro atoms. The fourth-order valence-corrected chi connectivity index (χ4v) is 2.92. The molecule has 0 radical (unpaired) electrons. The summed E-state index contributed by atoms with van der Waals surface area (Å²) in [5.74, 6) is 0. The van der Waals surface area contributed by atoms with Gasteiger partial charge in [-0.05, 0) is 0 Å². The minimum absolute atomic E-state index is 0.00160. The van der Waals surface area contributed by atoms with Crippen molar-refractivity contribution in [3.63, 3.8) is 0 Å². The molecule has 1 aliphatic rings. The summed E-state index contributed by atoms with van der Waals surface area (Å²) < 4.78 is 0. The van der Waals surface area contributed by atoms with E-state index in [1.54, 1.807) is 17.4 Å². The molecule has 0 saturated carbocycles. The van der Waals surface area contributed by atoms with Crippen LogP contribution in [0.25, 0.3) is 0 Å². The van der Waals surface area contributed by atoms with E-state index < -0.39 is 0 Å². The summed E-state index contributed by atoms with van der Waals surface area (Å²) in [6.07, 6.45) is 1.72. The molecule has 5 nitrogen and oxygen atoms in total. The third-order valence-corrected chi connectivity index (χ3v) is 3.86. The van der Waals surface area contributed by atoms with Gasteiger partial charge in [0.15, 0.2) is 0 Å². The molecule has 2 heterocycles. The largest absolute Gasteiger partial charge is 0.389 e. The van der Waals surface area contributed by atoms with E-state index in [1.165, 1.54) is 4.88 Å².